The smallest absolute Gasteiger partial charge is 0.206 e. The predicted octanol–water partition coefficient (Wildman–Crippen LogP) is 19.8. The summed E-state index contributed by atoms with van der Waals surface area (Å²) in [7, 11) is -11.8. The molecule has 0 atom stereocenters. The average Bonchev–Trinajstić information content (AvgIpc) is 1.55. The molecule has 0 radical (unpaired) electrons. The SMILES string of the molecule is O=C(c1ccc(F)cc1)c1ccc(Oc2ccc(C3(c4ccc(Oc5ccc(C(=O)c6ccc(Oc7ccc(S(=O)(=O)c8ccc(Oc9ccc(S(=O)(=O)c%10ccc(Oc%11ccc(S(=O)(=O)c%12ccc(O)cc%12)cc%11)cc%10)cc9)cc8)cc7)cc6)cc5)cc4)c4ccccc4-c4ccccc43)cc2)cc1. The molecule has 514 valence electrons. The molecule has 1 N–H and O–H groups in total. The lowest BCUT2D eigenvalue weighted by atomic mass is 9.68. The fourth-order valence-electron chi connectivity index (χ4n) is 12.7. The first-order valence-corrected chi connectivity index (χ1v) is 37.3. The lowest BCUT2D eigenvalue weighted by Crippen LogP contribution is -2.28. The Balaban J connectivity index is 0.542. The summed E-state index contributed by atoms with van der Waals surface area (Å²) in [6, 6.07) is 93.1. The Morgan fingerprint density at radius 1 is 0.257 bits per heavy atom. The van der Waals surface area contributed by atoms with Crippen LogP contribution in [-0.4, -0.2) is 41.9 Å². The molecule has 14 aromatic rings. The van der Waals surface area contributed by atoms with E-state index in [0.717, 1.165) is 33.4 Å². The number of ether oxygens (including phenoxy) is 5. The Morgan fingerprint density at radius 2 is 0.457 bits per heavy atom. The molecule has 0 heterocycles. The van der Waals surface area contributed by atoms with Gasteiger partial charge in [-0.2, -0.15) is 0 Å². The van der Waals surface area contributed by atoms with Gasteiger partial charge in [0.15, 0.2) is 11.6 Å². The summed E-state index contributed by atoms with van der Waals surface area (Å²) in [4.78, 5) is 26.9. The first-order chi connectivity index (χ1) is 50.8. The lowest BCUT2D eigenvalue weighted by molar-refractivity contribution is 0.103. The summed E-state index contributed by atoms with van der Waals surface area (Å²) < 4.78 is 125. The maximum atomic E-state index is 13.8. The third kappa shape index (κ3) is 13.7. The number of carbonyl (C=O) groups excluding carboxylic acids is 2. The van der Waals surface area contributed by atoms with E-state index in [1.54, 1.807) is 72.8 Å². The van der Waals surface area contributed by atoms with Crippen LogP contribution < -0.4 is 23.7 Å². The van der Waals surface area contributed by atoms with E-state index in [0.29, 0.717) is 79.7 Å². The molecule has 105 heavy (non-hydrogen) atoms. The number of sulfone groups is 3. The fourth-order valence-corrected chi connectivity index (χ4v) is 16.5. The summed E-state index contributed by atoms with van der Waals surface area (Å²) in [5.41, 5.74) is 7.59. The van der Waals surface area contributed by atoms with Crippen molar-refractivity contribution in [3.63, 3.8) is 0 Å². The Morgan fingerprint density at radius 3 is 0.705 bits per heavy atom. The zero-order chi connectivity index (χ0) is 72.5. The van der Waals surface area contributed by atoms with Crippen LogP contribution in [0.3, 0.4) is 0 Å². The number of phenolic OH excluding ortho intramolecular Hbond substituents is 1. The Kier molecular flexibility index (Phi) is 18.1. The number of hydrogen-bond donors (Lipinski definition) is 1. The third-order valence-electron chi connectivity index (χ3n) is 18.0. The molecule has 0 amide bonds. The minimum absolute atomic E-state index is 0.000245. The van der Waals surface area contributed by atoms with Crippen molar-refractivity contribution in [2.24, 2.45) is 0 Å². The standard InChI is InChI=1S/C87H57FO14S3/c88-63-21-9-57(10-22-63)85(90)58-11-25-65(26-12-58)98-68-31-17-61(18-32-68)87(83-7-3-1-5-81(83)82-6-2-4-8-84(82)87)62-19-33-69(34-20-62)99-66-27-13-59(14-28-66)86(91)60-15-29-67(30-16-60)100-70-35-49-77(50-36-70)104(94,95)78-51-41-73(42-52-78)102-74-43-55-80(56-44-74)105(96,97)79-53-39-72(40-54-79)101-71-37-47-76(48-38-71)103(92,93)75-45-23-64(89)24-46-75/h1-56,89H. The quantitative estimate of drug-likeness (QED) is 0.0628. The van der Waals surface area contributed by atoms with Crippen molar-refractivity contribution in [1.29, 1.82) is 0 Å². The van der Waals surface area contributed by atoms with E-state index in [4.69, 9.17) is 23.7 Å². The van der Waals surface area contributed by atoms with Crippen molar-refractivity contribution in [3.8, 4) is 74.4 Å². The topological polar surface area (TPSA) is 203 Å². The number of carbonyl (C=O) groups is 2. The van der Waals surface area contributed by atoms with Crippen LogP contribution in [0.2, 0.25) is 0 Å². The summed E-state index contributed by atoms with van der Waals surface area (Å²) in [6.07, 6.45) is 0. The molecule has 0 fully saturated rings. The molecule has 0 saturated heterocycles. The van der Waals surface area contributed by atoms with Crippen molar-refractivity contribution in [1.82, 2.24) is 0 Å². The van der Waals surface area contributed by atoms with Crippen molar-refractivity contribution in [2.45, 2.75) is 34.8 Å². The zero-order valence-electron chi connectivity index (χ0n) is 55.2. The first kappa shape index (κ1) is 67.8. The molecule has 0 saturated carbocycles. The highest BCUT2D eigenvalue weighted by Crippen LogP contribution is 2.56. The number of fused-ring (bicyclic) bond motifs is 3. The first-order valence-electron chi connectivity index (χ1n) is 32.8. The van der Waals surface area contributed by atoms with Gasteiger partial charge in [0.25, 0.3) is 0 Å². The number of rotatable bonds is 22. The van der Waals surface area contributed by atoms with E-state index >= 15 is 0 Å². The maximum Gasteiger partial charge on any atom is 0.206 e. The average molecular weight is 1440 g/mol. The number of halogens is 1. The van der Waals surface area contributed by atoms with Crippen molar-refractivity contribution >= 4 is 41.1 Å². The predicted molar refractivity (Wildman–Crippen MR) is 393 cm³/mol. The molecule has 14 aromatic carbocycles. The van der Waals surface area contributed by atoms with Gasteiger partial charge in [-0.05, 0) is 300 Å². The van der Waals surface area contributed by atoms with Crippen LogP contribution in [0.1, 0.15) is 54.1 Å². The molecule has 0 spiro atoms. The van der Waals surface area contributed by atoms with E-state index in [2.05, 4.69) is 72.8 Å². The van der Waals surface area contributed by atoms with Crippen LogP contribution in [0.4, 0.5) is 4.39 Å². The molecular weight excluding hydrogens is 1380 g/mol. The number of hydrogen-bond acceptors (Lipinski definition) is 14. The van der Waals surface area contributed by atoms with E-state index in [9.17, 15) is 44.3 Å². The molecule has 15 rings (SSSR count). The number of ketones is 2. The minimum atomic E-state index is -3.98. The van der Waals surface area contributed by atoms with Crippen LogP contribution in [0.15, 0.2) is 369 Å². The van der Waals surface area contributed by atoms with Gasteiger partial charge in [0.1, 0.15) is 69.1 Å². The molecule has 0 aromatic heterocycles. The summed E-state index contributed by atoms with van der Waals surface area (Å²) in [6.45, 7) is 0. The molecule has 1 aliphatic carbocycles. The molecular formula is C87H57FO14S3. The number of phenols is 1. The second kappa shape index (κ2) is 28.1. The summed E-state index contributed by atoms with van der Waals surface area (Å²) in [5, 5.41) is 9.54. The Hall–Kier alpha value is -13.0. The largest absolute Gasteiger partial charge is 0.508 e. The van der Waals surface area contributed by atoms with Gasteiger partial charge >= 0.3 is 0 Å². The highest BCUT2D eigenvalue weighted by Gasteiger charge is 2.46. The van der Waals surface area contributed by atoms with E-state index < -0.39 is 40.7 Å². The fraction of sp³-hybridized carbons (Fsp3) is 0.0115. The second-order valence-electron chi connectivity index (χ2n) is 24.5. The van der Waals surface area contributed by atoms with Gasteiger partial charge in [0.05, 0.1) is 34.8 Å². The molecule has 1 aliphatic rings. The van der Waals surface area contributed by atoms with Crippen LogP contribution in [0.5, 0.6) is 63.2 Å². The third-order valence-corrected chi connectivity index (χ3v) is 23.3. The highest BCUT2D eigenvalue weighted by atomic mass is 32.2. The molecule has 0 unspecified atom stereocenters. The van der Waals surface area contributed by atoms with Crippen molar-refractivity contribution in [3.05, 3.63) is 390 Å². The van der Waals surface area contributed by atoms with E-state index in [1.165, 1.54) is 170 Å². The van der Waals surface area contributed by atoms with Gasteiger partial charge in [0.2, 0.25) is 29.5 Å². The van der Waals surface area contributed by atoms with Crippen LogP contribution >= 0.6 is 0 Å². The zero-order valence-corrected chi connectivity index (χ0v) is 57.6. The van der Waals surface area contributed by atoms with Crippen LogP contribution in [0.25, 0.3) is 11.1 Å². The maximum absolute atomic E-state index is 13.8. The molecule has 0 bridgehead atoms. The number of aromatic hydroxyl groups is 1. The molecule has 0 aliphatic heterocycles. The Bertz CT molecular complexity index is 5880. The van der Waals surface area contributed by atoms with Gasteiger partial charge in [-0.1, -0.05) is 72.8 Å². The van der Waals surface area contributed by atoms with Crippen LogP contribution in [0, 0.1) is 5.82 Å². The van der Waals surface area contributed by atoms with Gasteiger partial charge in [-0.25, -0.2) is 29.6 Å². The molecule has 18 heteroatoms. The van der Waals surface area contributed by atoms with E-state index in [-0.39, 0.29) is 46.7 Å². The minimum Gasteiger partial charge on any atom is -0.508 e. The van der Waals surface area contributed by atoms with Gasteiger partial charge < -0.3 is 28.8 Å². The Labute approximate surface area is 604 Å². The van der Waals surface area contributed by atoms with Gasteiger partial charge in [-0.3, -0.25) is 9.59 Å². The van der Waals surface area contributed by atoms with Gasteiger partial charge in [0, 0.05) is 22.3 Å². The van der Waals surface area contributed by atoms with Crippen molar-refractivity contribution in [2.75, 3.05) is 0 Å². The second-order valence-corrected chi connectivity index (χ2v) is 30.3. The lowest BCUT2D eigenvalue weighted by Gasteiger charge is -2.34. The summed E-state index contributed by atoms with van der Waals surface area (Å²) in [5.74, 6) is 3.42. The monoisotopic (exact) mass is 1440 g/mol. The van der Waals surface area contributed by atoms with Crippen LogP contribution in [-0.2, 0) is 34.9 Å². The normalized spacial score (nSPS) is 12.3. The van der Waals surface area contributed by atoms with Gasteiger partial charge in [-0.15, -0.1) is 0 Å². The summed E-state index contributed by atoms with van der Waals surface area (Å²) >= 11 is 0. The molecule has 14 nitrogen and oxygen atoms in total. The highest BCUT2D eigenvalue weighted by molar-refractivity contribution is 7.92. The van der Waals surface area contributed by atoms with E-state index in [1.807, 2.05) is 24.3 Å². The van der Waals surface area contributed by atoms with Crippen molar-refractivity contribution < 1.29 is 68.0 Å². The number of benzene rings is 14.